The van der Waals surface area contributed by atoms with E-state index in [1.165, 1.54) is 5.39 Å². The van der Waals surface area contributed by atoms with E-state index >= 15 is 0 Å². The van der Waals surface area contributed by atoms with Crippen LogP contribution >= 0.6 is 0 Å². The van der Waals surface area contributed by atoms with Gasteiger partial charge < -0.3 is 14.8 Å². The molecular weight excluding hydrogens is 302 g/mol. The number of methoxy groups -OCH3 is 1. The fraction of sp³-hybridized carbons (Fsp3) is 0.350. The van der Waals surface area contributed by atoms with Crippen molar-refractivity contribution >= 4 is 22.9 Å². The first-order chi connectivity index (χ1) is 11.4. The zero-order valence-corrected chi connectivity index (χ0v) is 14.8. The van der Waals surface area contributed by atoms with E-state index in [4.69, 9.17) is 9.47 Å². The number of fused-ring (bicyclic) bond motifs is 1. The van der Waals surface area contributed by atoms with Crippen molar-refractivity contribution in [1.29, 1.82) is 0 Å². The Hall–Kier alpha value is -2.49. The first-order valence-electron chi connectivity index (χ1n) is 8.10. The molecule has 0 unspecified atom stereocenters. The Morgan fingerprint density at radius 2 is 1.92 bits per heavy atom. The third kappa shape index (κ3) is 5.01. The number of hydrogen-bond acceptors (Lipinski definition) is 3. The summed E-state index contributed by atoms with van der Waals surface area (Å²) in [6.45, 7) is 6.07. The van der Waals surface area contributed by atoms with Gasteiger partial charge in [0.25, 0.3) is 0 Å². The summed E-state index contributed by atoms with van der Waals surface area (Å²) in [5.74, 6) is 0.838. The van der Waals surface area contributed by atoms with Gasteiger partial charge in [-0.1, -0.05) is 42.5 Å². The van der Waals surface area contributed by atoms with E-state index in [0.29, 0.717) is 13.0 Å². The first-order valence-corrected chi connectivity index (χ1v) is 8.10. The third-order valence-electron chi connectivity index (χ3n) is 3.41. The molecule has 0 bridgehead atoms. The van der Waals surface area contributed by atoms with Crippen LogP contribution in [0.4, 0.5) is 4.79 Å². The van der Waals surface area contributed by atoms with Gasteiger partial charge in [-0.05, 0) is 44.0 Å². The van der Waals surface area contributed by atoms with Gasteiger partial charge in [-0.3, -0.25) is 0 Å². The Balaban J connectivity index is 1.99. The second kappa shape index (κ2) is 7.86. The van der Waals surface area contributed by atoms with Crippen molar-refractivity contribution in [3.63, 3.8) is 0 Å². The van der Waals surface area contributed by atoms with Crippen molar-refractivity contribution in [1.82, 2.24) is 5.32 Å². The van der Waals surface area contributed by atoms with Crippen LogP contribution in [0.15, 0.2) is 42.5 Å². The van der Waals surface area contributed by atoms with Gasteiger partial charge in [0.2, 0.25) is 0 Å². The highest BCUT2D eigenvalue weighted by molar-refractivity contribution is 5.93. The smallest absolute Gasteiger partial charge is 0.407 e. The fourth-order valence-electron chi connectivity index (χ4n) is 2.40. The van der Waals surface area contributed by atoms with E-state index in [1.807, 2.05) is 51.1 Å². The lowest BCUT2D eigenvalue weighted by Gasteiger charge is -2.19. The average Bonchev–Trinajstić information content (AvgIpc) is 2.52. The summed E-state index contributed by atoms with van der Waals surface area (Å²) in [6, 6.07) is 12.2. The molecule has 0 saturated heterocycles. The number of carbonyl (C=O) groups is 1. The van der Waals surface area contributed by atoms with Gasteiger partial charge in [0.15, 0.2) is 0 Å². The highest BCUT2D eigenvalue weighted by Crippen LogP contribution is 2.29. The SMILES string of the molecule is COc1ccc2ccccc2c1C=CCCNC(=O)OC(C)(C)C. The Labute approximate surface area is 143 Å². The molecule has 1 amide bonds. The third-order valence-corrected chi connectivity index (χ3v) is 3.41. The number of benzene rings is 2. The van der Waals surface area contributed by atoms with Crippen molar-refractivity contribution in [3.05, 3.63) is 48.0 Å². The van der Waals surface area contributed by atoms with E-state index in [1.54, 1.807) is 7.11 Å². The molecule has 24 heavy (non-hydrogen) atoms. The predicted octanol–water partition coefficient (Wildman–Crippen LogP) is 4.78. The second-order valence-corrected chi connectivity index (χ2v) is 6.52. The second-order valence-electron chi connectivity index (χ2n) is 6.52. The standard InChI is InChI=1S/C20H25NO3/c1-20(2,3)24-19(22)21-14-8-7-11-17-16-10-6-5-9-15(16)12-13-18(17)23-4/h5-7,9-13H,8,14H2,1-4H3,(H,21,22). The molecule has 2 aromatic rings. The topological polar surface area (TPSA) is 47.6 Å². The molecule has 2 aromatic carbocycles. The van der Waals surface area contributed by atoms with Crippen molar-refractivity contribution in [2.75, 3.05) is 13.7 Å². The molecule has 0 aromatic heterocycles. The van der Waals surface area contributed by atoms with Crippen LogP contribution in [-0.2, 0) is 4.74 Å². The molecule has 0 atom stereocenters. The van der Waals surface area contributed by atoms with Crippen LogP contribution in [0.25, 0.3) is 16.8 Å². The molecule has 128 valence electrons. The number of rotatable bonds is 5. The number of hydrogen-bond donors (Lipinski definition) is 1. The maximum Gasteiger partial charge on any atom is 0.407 e. The maximum absolute atomic E-state index is 11.6. The normalized spacial score (nSPS) is 11.7. The van der Waals surface area contributed by atoms with E-state index in [-0.39, 0.29) is 0 Å². The number of ether oxygens (including phenoxy) is 2. The lowest BCUT2D eigenvalue weighted by Crippen LogP contribution is -2.32. The van der Waals surface area contributed by atoms with Gasteiger partial charge >= 0.3 is 6.09 Å². The largest absolute Gasteiger partial charge is 0.496 e. The minimum atomic E-state index is -0.476. The van der Waals surface area contributed by atoms with Crippen LogP contribution in [0.1, 0.15) is 32.8 Å². The Morgan fingerprint density at radius 1 is 1.17 bits per heavy atom. The van der Waals surface area contributed by atoms with Gasteiger partial charge in [-0.25, -0.2) is 4.79 Å². The lowest BCUT2D eigenvalue weighted by molar-refractivity contribution is 0.0529. The summed E-state index contributed by atoms with van der Waals surface area (Å²) >= 11 is 0. The number of alkyl carbamates (subject to hydrolysis) is 1. The van der Waals surface area contributed by atoms with E-state index in [9.17, 15) is 4.79 Å². The molecule has 4 heteroatoms. The van der Waals surface area contributed by atoms with Gasteiger partial charge in [-0.15, -0.1) is 0 Å². The van der Waals surface area contributed by atoms with Crippen LogP contribution < -0.4 is 10.1 Å². The van der Waals surface area contributed by atoms with E-state index < -0.39 is 11.7 Å². The van der Waals surface area contributed by atoms with Crippen LogP contribution in [0, 0.1) is 0 Å². The highest BCUT2D eigenvalue weighted by atomic mass is 16.6. The van der Waals surface area contributed by atoms with Crippen molar-refractivity contribution in [3.8, 4) is 5.75 Å². The van der Waals surface area contributed by atoms with Crippen LogP contribution in [0.3, 0.4) is 0 Å². The number of amides is 1. The molecule has 4 nitrogen and oxygen atoms in total. The summed E-state index contributed by atoms with van der Waals surface area (Å²) in [6.07, 6.45) is 4.39. The summed E-state index contributed by atoms with van der Waals surface area (Å²) in [7, 11) is 1.67. The molecule has 1 N–H and O–H groups in total. The average molecular weight is 327 g/mol. The summed E-state index contributed by atoms with van der Waals surface area (Å²) in [5.41, 5.74) is 0.573. The van der Waals surface area contributed by atoms with Crippen molar-refractivity contribution < 1.29 is 14.3 Å². The molecule has 2 rings (SSSR count). The van der Waals surface area contributed by atoms with Gasteiger partial charge in [-0.2, -0.15) is 0 Å². The van der Waals surface area contributed by atoms with E-state index in [2.05, 4.69) is 23.5 Å². The molecule has 0 aliphatic heterocycles. The molecule has 0 heterocycles. The van der Waals surface area contributed by atoms with E-state index in [0.717, 1.165) is 16.7 Å². The van der Waals surface area contributed by atoms with Crippen molar-refractivity contribution in [2.24, 2.45) is 0 Å². The zero-order valence-electron chi connectivity index (χ0n) is 14.8. The Bertz CT molecular complexity index is 729. The van der Waals surface area contributed by atoms with Gasteiger partial charge in [0, 0.05) is 12.1 Å². The van der Waals surface area contributed by atoms with Crippen LogP contribution in [-0.4, -0.2) is 25.3 Å². The Morgan fingerprint density at radius 3 is 2.62 bits per heavy atom. The molecule has 0 spiro atoms. The summed E-state index contributed by atoms with van der Waals surface area (Å²) in [4.78, 5) is 11.6. The molecule has 0 radical (unpaired) electrons. The minimum Gasteiger partial charge on any atom is -0.496 e. The highest BCUT2D eigenvalue weighted by Gasteiger charge is 2.15. The molecular formula is C20H25NO3. The summed E-state index contributed by atoms with van der Waals surface area (Å²) in [5, 5.41) is 5.07. The summed E-state index contributed by atoms with van der Waals surface area (Å²) < 4.78 is 10.7. The number of nitrogens with one attached hydrogen (secondary N) is 1. The van der Waals surface area contributed by atoms with Gasteiger partial charge in [0.05, 0.1) is 7.11 Å². The molecule has 0 aliphatic rings. The quantitative estimate of drug-likeness (QED) is 0.804. The number of carbonyl (C=O) groups excluding carboxylic acids is 1. The zero-order chi connectivity index (χ0) is 17.6. The lowest BCUT2D eigenvalue weighted by atomic mass is 10.0. The monoisotopic (exact) mass is 327 g/mol. The minimum absolute atomic E-state index is 0.390. The predicted molar refractivity (Wildman–Crippen MR) is 98.4 cm³/mol. The Kier molecular flexibility index (Phi) is 5.85. The maximum atomic E-state index is 11.6. The molecule has 0 saturated carbocycles. The van der Waals surface area contributed by atoms with Gasteiger partial charge in [0.1, 0.15) is 11.4 Å². The molecule has 0 fully saturated rings. The fourth-order valence-corrected chi connectivity index (χ4v) is 2.40. The first kappa shape index (κ1) is 17.9. The van der Waals surface area contributed by atoms with Crippen molar-refractivity contribution in [2.45, 2.75) is 32.8 Å². The van der Waals surface area contributed by atoms with Crippen LogP contribution in [0.2, 0.25) is 0 Å². The van der Waals surface area contributed by atoms with Crippen LogP contribution in [0.5, 0.6) is 5.75 Å². The molecule has 0 aliphatic carbocycles.